The highest BCUT2D eigenvalue weighted by molar-refractivity contribution is 5.96. The van der Waals surface area contributed by atoms with Gasteiger partial charge in [0.1, 0.15) is 38.5 Å². The second kappa shape index (κ2) is 79.2. The van der Waals surface area contributed by atoms with E-state index in [1.165, 1.54) is 103 Å². The van der Waals surface area contributed by atoms with Crippen LogP contribution in [0.25, 0.3) is 0 Å². The fourth-order valence-corrected chi connectivity index (χ4v) is 12.9. The van der Waals surface area contributed by atoms with E-state index in [1.807, 2.05) is 0 Å². The lowest BCUT2D eigenvalue weighted by molar-refractivity contribution is -0.146. The Bertz CT molecular complexity index is 2040. The second-order valence-electron chi connectivity index (χ2n) is 29.6. The number of hydrogen-bond acceptors (Lipinski definition) is 12. The van der Waals surface area contributed by atoms with Gasteiger partial charge < -0.3 is 29.6 Å². The first-order valence-corrected chi connectivity index (χ1v) is 44.0. The lowest BCUT2D eigenvalue weighted by atomic mass is 10.0. The second-order valence-corrected chi connectivity index (χ2v) is 29.6. The lowest BCUT2D eigenvalue weighted by Gasteiger charge is -2.30. The van der Waals surface area contributed by atoms with Crippen molar-refractivity contribution >= 4 is 35.7 Å². The van der Waals surface area contributed by atoms with Crippen LogP contribution in [0.15, 0.2) is 97.2 Å². The highest BCUT2D eigenvalue weighted by Crippen LogP contribution is 2.17. The van der Waals surface area contributed by atoms with E-state index in [0.717, 1.165) is 193 Å². The molecule has 2 unspecified atom stereocenters. The third kappa shape index (κ3) is 69.1. The van der Waals surface area contributed by atoms with Gasteiger partial charge in [-0.05, 0) is 206 Å². The van der Waals surface area contributed by atoms with Crippen molar-refractivity contribution in [3.63, 3.8) is 0 Å². The molecule has 0 aromatic carbocycles. The number of nitrogens with zero attached hydrogens (tertiary/aromatic N) is 2. The van der Waals surface area contributed by atoms with E-state index in [0.29, 0.717) is 90.6 Å². The minimum Gasteiger partial charge on any atom is -0.464 e. The molecule has 2 N–H and O–H groups in total. The van der Waals surface area contributed by atoms with Gasteiger partial charge in [0.25, 0.3) is 0 Å². The Kier molecular flexibility index (Phi) is 73.7. The Balaban J connectivity index is 2.68. The van der Waals surface area contributed by atoms with Crippen LogP contribution in [0, 0.1) is 0 Å². The largest absolute Gasteiger partial charge is 0.464 e. The molecule has 0 aromatic heterocycles. The third-order valence-electron chi connectivity index (χ3n) is 19.7. The van der Waals surface area contributed by atoms with Crippen molar-refractivity contribution in [2.45, 2.75) is 387 Å². The van der Waals surface area contributed by atoms with Crippen molar-refractivity contribution in [2.75, 3.05) is 65.7 Å². The molecule has 14 heteroatoms. The molecular formula is C92H160N4O10. The van der Waals surface area contributed by atoms with Gasteiger partial charge in [-0.1, -0.05) is 253 Å². The summed E-state index contributed by atoms with van der Waals surface area (Å²) in [6, 6.07) is -1.26. The number of unbranched alkanes of at least 4 members (excludes halogenated alkanes) is 34. The van der Waals surface area contributed by atoms with Crippen molar-refractivity contribution in [1.29, 1.82) is 0 Å². The molecule has 14 nitrogen and oxygen atoms in total. The van der Waals surface area contributed by atoms with Crippen LogP contribution in [0.5, 0.6) is 0 Å². The summed E-state index contributed by atoms with van der Waals surface area (Å²) in [6.45, 7) is 13.3. The Morgan fingerprint density at radius 1 is 0.264 bits per heavy atom. The van der Waals surface area contributed by atoms with Crippen LogP contribution in [0.4, 0.5) is 0 Å². The molecule has 0 saturated carbocycles. The van der Waals surface area contributed by atoms with Crippen LogP contribution in [-0.4, -0.2) is 123 Å². The molecule has 1 aliphatic heterocycles. The first kappa shape index (κ1) is 98.7. The van der Waals surface area contributed by atoms with Gasteiger partial charge >= 0.3 is 23.9 Å². The smallest absolute Gasteiger partial charge is 0.305 e. The third-order valence-corrected chi connectivity index (χ3v) is 19.7. The van der Waals surface area contributed by atoms with Crippen LogP contribution < -0.4 is 10.6 Å². The molecule has 2 atom stereocenters. The quantitative estimate of drug-likeness (QED) is 0.0256. The van der Waals surface area contributed by atoms with E-state index in [-0.39, 0.29) is 62.1 Å². The molecule has 1 heterocycles. The number of nitrogens with one attached hydrogen (secondary N) is 2. The Hall–Kier alpha value is -5.34. The SMILES string of the molecule is CCCCCC=CCC=CCCCCCCCC(=O)OCCN(CCCCC1NC(=O)C(CCCCN(CCOC(=O)CCCCCCCC=CCC=CCCCCC)CCOC(=O)CCCCCCCC=CCC=CCCCCC)NC1=O)CCOC(=O)CCCCCCCC=CCC=CCCCCC. The number of allylic oxidation sites excluding steroid dienone is 16. The summed E-state index contributed by atoms with van der Waals surface area (Å²) in [6.07, 6.45) is 91.4. The summed E-state index contributed by atoms with van der Waals surface area (Å²) in [5, 5.41) is 6.00. The first-order valence-electron chi connectivity index (χ1n) is 44.0. The van der Waals surface area contributed by atoms with Gasteiger partial charge in [-0.3, -0.25) is 38.6 Å². The number of esters is 4. The Morgan fingerprint density at radius 2 is 0.472 bits per heavy atom. The number of carbonyl (C=O) groups excluding carboxylic acids is 6. The molecule has 0 aliphatic carbocycles. The Morgan fingerprint density at radius 3 is 0.698 bits per heavy atom. The number of hydrogen-bond donors (Lipinski definition) is 2. The number of piperazine rings is 1. The predicted molar refractivity (Wildman–Crippen MR) is 446 cm³/mol. The zero-order valence-corrected chi connectivity index (χ0v) is 68.6. The van der Waals surface area contributed by atoms with Crippen molar-refractivity contribution in [3.05, 3.63) is 97.2 Å². The molecule has 1 aliphatic rings. The van der Waals surface area contributed by atoms with Crippen LogP contribution in [0.3, 0.4) is 0 Å². The molecule has 0 bridgehead atoms. The van der Waals surface area contributed by atoms with Gasteiger partial charge in [-0.2, -0.15) is 0 Å². The van der Waals surface area contributed by atoms with Crippen LogP contribution >= 0.6 is 0 Å². The Labute approximate surface area is 649 Å². The summed E-state index contributed by atoms with van der Waals surface area (Å²) >= 11 is 0. The fourth-order valence-electron chi connectivity index (χ4n) is 12.9. The van der Waals surface area contributed by atoms with Gasteiger partial charge in [-0.15, -0.1) is 0 Å². The van der Waals surface area contributed by atoms with Crippen molar-refractivity contribution in [3.8, 4) is 0 Å². The van der Waals surface area contributed by atoms with Crippen LogP contribution in [-0.2, 0) is 47.7 Å². The molecule has 2 amide bonds. The van der Waals surface area contributed by atoms with E-state index in [9.17, 15) is 28.8 Å². The standard InChI is InChI=1S/C92H160N4O10/c1-5-9-13-17-21-25-29-33-37-41-45-49-53-57-61-71-87(97)103-81-77-95(78-82-104-88(98)72-62-58-54-50-46-42-38-34-30-26-22-18-14-10-6-2)75-67-65-69-85-91(101)94-86(92(102)93-85)70-66-68-76-96(79-83-105-89(99)73-63-59-55-51-47-43-39-35-31-27-23-19-15-11-7-3)80-84-106-90(100)74-64-60-56-52-48-44-40-36-32-28-24-20-16-12-8-4/h21-28,33-40,85-86H,5-20,29-32,41-84H2,1-4H3,(H,93,102)(H,94,101). The monoisotopic (exact) mass is 1480 g/mol. The van der Waals surface area contributed by atoms with E-state index in [2.05, 4.69) is 145 Å². The number of carbonyl (C=O) groups is 6. The molecule has 0 aromatic rings. The summed E-state index contributed by atoms with van der Waals surface area (Å²) in [7, 11) is 0. The van der Waals surface area contributed by atoms with Gasteiger partial charge in [0.2, 0.25) is 11.8 Å². The molecule has 0 radical (unpaired) electrons. The van der Waals surface area contributed by atoms with Crippen LogP contribution in [0.1, 0.15) is 374 Å². The minimum absolute atomic E-state index is 0.182. The van der Waals surface area contributed by atoms with E-state index in [4.69, 9.17) is 18.9 Å². The maximum absolute atomic E-state index is 13.5. The highest BCUT2D eigenvalue weighted by atomic mass is 16.5. The summed E-state index contributed by atoms with van der Waals surface area (Å²) in [5.41, 5.74) is 0. The topological polar surface area (TPSA) is 170 Å². The van der Waals surface area contributed by atoms with Gasteiger partial charge in [-0.25, -0.2) is 0 Å². The maximum Gasteiger partial charge on any atom is 0.305 e. The maximum atomic E-state index is 13.5. The average Bonchev–Trinajstić information content (AvgIpc) is 0.850. The van der Waals surface area contributed by atoms with Crippen LogP contribution in [0.2, 0.25) is 0 Å². The number of amides is 2. The van der Waals surface area contributed by atoms with E-state index >= 15 is 0 Å². The van der Waals surface area contributed by atoms with Gasteiger partial charge in [0.15, 0.2) is 0 Å². The average molecular weight is 1480 g/mol. The van der Waals surface area contributed by atoms with Crippen molar-refractivity contribution < 1.29 is 47.7 Å². The zero-order valence-electron chi connectivity index (χ0n) is 68.6. The predicted octanol–water partition coefficient (Wildman–Crippen LogP) is 23.3. The summed E-state index contributed by atoms with van der Waals surface area (Å²) < 4.78 is 22.9. The van der Waals surface area contributed by atoms with E-state index < -0.39 is 12.1 Å². The fraction of sp³-hybridized carbons (Fsp3) is 0.761. The summed E-state index contributed by atoms with van der Waals surface area (Å²) in [5.74, 6) is -1.11. The highest BCUT2D eigenvalue weighted by Gasteiger charge is 2.33. The molecule has 608 valence electrons. The van der Waals surface area contributed by atoms with Crippen molar-refractivity contribution in [1.82, 2.24) is 20.4 Å². The van der Waals surface area contributed by atoms with Gasteiger partial charge in [0.05, 0.1) is 0 Å². The molecule has 106 heavy (non-hydrogen) atoms. The summed E-state index contributed by atoms with van der Waals surface area (Å²) in [4.78, 5) is 82.5. The zero-order chi connectivity index (χ0) is 76.6. The first-order chi connectivity index (χ1) is 52.1. The molecule has 1 fully saturated rings. The van der Waals surface area contributed by atoms with Gasteiger partial charge in [0, 0.05) is 51.9 Å². The molecule has 1 rings (SSSR count). The number of ether oxygens (including phenoxy) is 4. The lowest BCUT2D eigenvalue weighted by Crippen LogP contribution is -2.61. The molecular weight excluding hydrogens is 1320 g/mol. The minimum atomic E-state index is -0.631. The van der Waals surface area contributed by atoms with Crippen molar-refractivity contribution in [2.24, 2.45) is 0 Å². The number of rotatable bonds is 78. The normalized spacial score (nSPS) is 14.4. The molecule has 1 saturated heterocycles. The van der Waals surface area contributed by atoms with E-state index in [1.54, 1.807) is 0 Å². The molecule has 0 spiro atoms.